The fourth-order valence-electron chi connectivity index (χ4n) is 5.99. The van der Waals surface area contributed by atoms with Crippen molar-refractivity contribution in [1.29, 1.82) is 0 Å². The van der Waals surface area contributed by atoms with Crippen LogP contribution in [0.15, 0.2) is 54.6 Å². The molecular weight excluding hydrogens is 406 g/mol. The summed E-state index contributed by atoms with van der Waals surface area (Å²) in [6.45, 7) is 4.60. The van der Waals surface area contributed by atoms with Crippen molar-refractivity contribution in [1.82, 2.24) is 14.8 Å². The number of amides is 1. The van der Waals surface area contributed by atoms with Crippen LogP contribution in [-0.4, -0.2) is 39.5 Å². The van der Waals surface area contributed by atoms with Gasteiger partial charge in [-0.05, 0) is 51.2 Å². The summed E-state index contributed by atoms with van der Waals surface area (Å²) < 4.78 is 2.16. The molecule has 2 atom stereocenters. The van der Waals surface area contributed by atoms with Gasteiger partial charge in [-0.1, -0.05) is 48.5 Å². The number of piperidine rings is 1. The van der Waals surface area contributed by atoms with Gasteiger partial charge in [-0.3, -0.25) is 9.69 Å². The van der Waals surface area contributed by atoms with Crippen molar-refractivity contribution in [3.63, 3.8) is 0 Å². The van der Waals surface area contributed by atoms with E-state index in [2.05, 4.69) is 59.9 Å². The Morgan fingerprint density at radius 1 is 0.968 bits per heavy atom. The van der Waals surface area contributed by atoms with Gasteiger partial charge in [0.2, 0.25) is 0 Å². The first-order chi connectivity index (χ1) is 14.5. The zero-order chi connectivity index (χ0) is 20.8. The molecule has 1 aromatic heterocycles. The van der Waals surface area contributed by atoms with Crippen molar-refractivity contribution in [2.24, 2.45) is 7.05 Å². The number of benzene rings is 2. The van der Waals surface area contributed by atoms with Crippen molar-refractivity contribution < 1.29 is 4.79 Å². The molecule has 1 amide bonds. The van der Waals surface area contributed by atoms with E-state index in [9.17, 15) is 4.79 Å². The molecule has 0 saturated carbocycles. The van der Waals surface area contributed by atoms with Gasteiger partial charge in [-0.25, -0.2) is 0 Å². The van der Waals surface area contributed by atoms with Crippen LogP contribution in [0.2, 0.25) is 0 Å². The van der Waals surface area contributed by atoms with E-state index in [1.165, 1.54) is 12.8 Å². The Balaban J connectivity index is 0.00000231. The second-order valence-corrected chi connectivity index (χ2v) is 9.23. The number of nitrogens with zero attached hydrogens (tertiary/aromatic N) is 2. The highest BCUT2D eigenvalue weighted by molar-refractivity contribution is 6.12. The van der Waals surface area contributed by atoms with E-state index < -0.39 is 0 Å². The number of hydrogen-bond donors (Lipinski definition) is 1. The molecule has 2 fully saturated rings. The largest absolute Gasteiger partial charge is 0.349 e. The maximum Gasteiger partial charge on any atom is 0.254 e. The highest BCUT2D eigenvalue weighted by atomic mass is 35.5. The molecule has 1 N–H and O–H groups in total. The number of carbonyl (C=O) groups is 1. The molecule has 0 spiro atoms. The molecule has 4 nitrogen and oxygen atoms in total. The summed E-state index contributed by atoms with van der Waals surface area (Å²) in [6.07, 6.45) is 4.65. The van der Waals surface area contributed by atoms with Gasteiger partial charge >= 0.3 is 0 Å². The fraction of sp³-hybridized carbons (Fsp3) is 0.423. The Bertz CT molecular complexity index is 1060. The van der Waals surface area contributed by atoms with E-state index >= 15 is 0 Å². The summed E-state index contributed by atoms with van der Waals surface area (Å²) in [4.78, 5) is 16.3. The quantitative estimate of drug-likeness (QED) is 0.593. The van der Waals surface area contributed by atoms with Crippen LogP contribution in [-0.2, 0) is 7.05 Å². The number of aromatic nitrogens is 1. The Hall–Kier alpha value is -2.30. The summed E-state index contributed by atoms with van der Waals surface area (Å²) in [5, 5.41) is 4.46. The van der Waals surface area contributed by atoms with Crippen LogP contribution in [0.3, 0.4) is 0 Å². The Kier molecular flexibility index (Phi) is 6.14. The van der Waals surface area contributed by atoms with Gasteiger partial charge in [0.15, 0.2) is 0 Å². The van der Waals surface area contributed by atoms with Crippen molar-refractivity contribution in [3.8, 4) is 11.3 Å². The lowest BCUT2D eigenvalue weighted by Gasteiger charge is -2.41. The van der Waals surface area contributed by atoms with Crippen molar-refractivity contribution in [2.75, 3.05) is 0 Å². The second-order valence-electron chi connectivity index (χ2n) is 9.23. The highest BCUT2D eigenvalue weighted by Crippen LogP contribution is 2.38. The van der Waals surface area contributed by atoms with E-state index in [-0.39, 0.29) is 24.4 Å². The second kappa shape index (κ2) is 8.68. The van der Waals surface area contributed by atoms with Crippen LogP contribution in [0.5, 0.6) is 0 Å². The fourth-order valence-corrected chi connectivity index (χ4v) is 5.99. The lowest BCUT2D eigenvalue weighted by atomic mass is 9.95. The van der Waals surface area contributed by atoms with Gasteiger partial charge in [0.25, 0.3) is 5.91 Å². The van der Waals surface area contributed by atoms with Crippen LogP contribution >= 0.6 is 12.4 Å². The van der Waals surface area contributed by atoms with Crippen LogP contribution in [0.1, 0.15) is 49.9 Å². The number of hydrogen-bond acceptors (Lipinski definition) is 2. The lowest BCUT2D eigenvalue weighted by Crippen LogP contribution is -2.52. The molecule has 2 aliphatic heterocycles. The highest BCUT2D eigenvalue weighted by Gasteiger charge is 2.42. The number of carbonyl (C=O) groups excluding carboxylic acids is 1. The van der Waals surface area contributed by atoms with Crippen LogP contribution < -0.4 is 5.32 Å². The van der Waals surface area contributed by atoms with Gasteiger partial charge in [-0.15, -0.1) is 12.4 Å². The van der Waals surface area contributed by atoms with Gasteiger partial charge in [0.1, 0.15) is 0 Å². The third kappa shape index (κ3) is 3.77. The number of halogens is 1. The summed E-state index contributed by atoms with van der Waals surface area (Å²) >= 11 is 0. The molecule has 164 valence electrons. The molecule has 2 saturated heterocycles. The van der Waals surface area contributed by atoms with E-state index in [0.29, 0.717) is 18.1 Å². The summed E-state index contributed by atoms with van der Waals surface area (Å²) in [6, 6.07) is 20.6. The van der Waals surface area contributed by atoms with Crippen molar-refractivity contribution in [3.05, 3.63) is 60.2 Å². The van der Waals surface area contributed by atoms with Crippen LogP contribution in [0.4, 0.5) is 0 Å². The van der Waals surface area contributed by atoms with Gasteiger partial charge in [0, 0.05) is 42.1 Å². The monoisotopic (exact) mass is 437 g/mol. The number of fused-ring (bicyclic) bond motifs is 3. The molecular formula is C26H32ClN3O. The van der Waals surface area contributed by atoms with Crippen LogP contribution in [0.25, 0.3) is 22.2 Å². The Labute approximate surface area is 191 Å². The average Bonchev–Trinajstić information content (AvgIpc) is 3.20. The molecule has 2 aliphatic rings. The molecule has 0 aliphatic carbocycles. The van der Waals surface area contributed by atoms with E-state index in [1.807, 2.05) is 30.3 Å². The summed E-state index contributed by atoms with van der Waals surface area (Å²) in [5.74, 6) is 0.0630. The first-order valence-electron chi connectivity index (χ1n) is 11.3. The van der Waals surface area contributed by atoms with Crippen LogP contribution in [0, 0.1) is 0 Å². The molecule has 2 unspecified atom stereocenters. The zero-order valence-corrected chi connectivity index (χ0v) is 19.4. The lowest BCUT2D eigenvalue weighted by molar-refractivity contribution is 0.0740. The normalized spacial score (nSPS) is 23.2. The van der Waals surface area contributed by atoms with E-state index in [0.717, 1.165) is 40.6 Å². The van der Waals surface area contributed by atoms with E-state index in [4.69, 9.17) is 0 Å². The van der Waals surface area contributed by atoms with Gasteiger partial charge < -0.3 is 9.88 Å². The number of nitrogens with one attached hydrogen (secondary N) is 1. The van der Waals surface area contributed by atoms with Gasteiger partial charge in [-0.2, -0.15) is 0 Å². The number of rotatable bonds is 4. The summed E-state index contributed by atoms with van der Waals surface area (Å²) in [7, 11) is 2.06. The molecule has 2 aromatic carbocycles. The van der Waals surface area contributed by atoms with Gasteiger partial charge in [0.05, 0.1) is 11.3 Å². The SMILES string of the molecule is CC(C)N1C2CCC1CC(NC(=O)c1c(-c3ccccc3)n(C)c3ccccc13)C2.Cl. The smallest absolute Gasteiger partial charge is 0.254 e. The molecule has 3 heterocycles. The predicted octanol–water partition coefficient (Wildman–Crippen LogP) is 5.40. The number of aryl methyl sites for hydroxylation is 1. The maximum absolute atomic E-state index is 13.6. The predicted molar refractivity (Wildman–Crippen MR) is 130 cm³/mol. The Morgan fingerprint density at radius 2 is 1.58 bits per heavy atom. The standard InChI is InChI=1S/C26H31N3O.ClH/c1-17(2)29-20-13-14-21(29)16-19(15-20)27-26(30)24-22-11-7-8-12-23(22)28(3)25(24)18-9-5-4-6-10-18;/h4-12,17,19-21H,13-16H2,1-3H3,(H,27,30);1H. The minimum absolute atomic E-state index is 0. The molecule has 3 aromatic rings. The first-order valence-corrected chi connectivity index (χ1v) is 11.3. The molecule has 0 radical (unpaired) electrons. The Morgan fingerprint density at radius 3 is 2.23 bits per heavy atom. The third-order valence-electron chi connectivity index (χ3n) is 7.10. The van der Waals surface area contributed by atoms with Crippen molar-refractivity contribution in [2.45, 2.75) is 63.7 Å². The minimum Gasteiger partial charge on any atom is -0.349 e. The maximum atomic E-state index is 13.6. The third-order valence-corrected chi connectivity index (χ3v) is 7.10. The average molecular weight is 438 g/mol. The first kappa shape index (κ1) is 21.9. The minimum atomic E-state index is 0. The summed E-state index contributed by atoms with van der Waals surface area (Å²) in [5.41, 5.74) is 3.97. The zero-order valence-electron chi connectivity index (χ0n) is 18.5. The van der Waals surface area contributed by atoms with Crippen molar-refractivity contribution >= 4 is 29.2 Å². The topological polar surface area (TPSA) is 37.3 Å². The molecule has 2 bridgehead atoms. The molecule has 5 heteroatoms. The molecule has 31 heavy (non-hydrogen) atoms. The van der Waals surface area contributed by atoms with E-state index in [1.54, 1.807) is 0 Å². The number of para-hydroxylation sites is 1. The molecule has 5 rings (SSSR count).